The Kier molecular flexibility index (Phi) is 3.36. The minimum Gasteiger partial charge on any atom is -0.324 e. The Morgan fingerprint density at radius 1 is 1.44 bits per heavy atom. The van der Waals surface area contributed by atoms with Crippen LogP contribution >= 0.6 is 0 Å². The number of nitrogens with one attached hydrogen (secondary N) is 1. The predicted octanol–water partition coefficient (Wildman–Crippen LogP) is 1.21. The summed E-state index contributed by atoms with van der Waals surface area (Å²) in [5.74, 6) is -0.679. The summed E-state index contributed by atoms with van der Waals surface area (Å²) in [6.45, 7) is 0. The molecule has 7 heteroatoms. The number of primary sulfonamides is 1. The molecule has 0 aliphatic heterocycles. The zero-order chi connectivity index (χ0) is 13.3. The predicted molar refractivity (Wildman–Crippen MR) is 63.7 cm³/mol. The zero-order valence-corrected chi connectivity index (χ0v) is 10.3. The van der Waals surface area contributed by atoms with Crippen LogP contribution in [0.5, 0.6) is 0 Å². The van der Waals surface area contributed by atoms with Gasteiger partial charge < -0.3 is 5.32 Å². The lowest BCUT2D eigenvalue weighted by Gasteiger charge is -2.07. The maximum atomic E-state index is 13.6. The van der Waals surface area contributed by atoms with Crippen LogP contribution in [-0.2, 0) is 14.8 Å². The van der Waals surface area contributed by atoms with Crippen LogP contribution in [0.25, 0.3) is 0 Å². The van der Waals surface area contributed by atoms with Gasteiger partial charge in [-0.2, -0.15) is 0 Å². The Morgan fingerprint density at radius 2 is 2.11 bits per heavy atom. The summed E-state index contributed by atoms with van der Waals surface area (Å²) in [5.41, 5.74) is -0.0342. The average molecular weight is 272 g/mol. The van der Waals surface area contributed by atoms with E-state index in [0.29, 0.717) is 12.3 Å². The monoisotopic (exact) mass is 272 g/mol. The highest BCUT2D eigenvalue weighted by molar-refractivity contribution is 7.89. The number of nitrogens with two attached hydrogens (primary N) is 1. The molecule has 0 radical (unpaired) electrons. The third-order valence-electron chi connectivity index (χ3n) is 2.71. The largest absolute Gasteiger partial charge is 0.324 e. The number of carbonyl (C=O) groups excluding carboxylic acids is 1. The van der Waals surface area contributed by atoms with Gasteiger partial charge in [0.05, 0.1) is 10.6 Å². The fourth-order valence-electron chi connectivity index (χ4n) is 1.56. The molecule has 1 aromatic carbocycles. The van der Waals surface area contributed by atoms with Crippen LogP contribution in [0.4, 0.5) is 10.1 Å². The second-order valence-electron chi connectivity index (χ2n) is 4.38. The van der Waals surface area contributed by atoms with Gasteiger partial charge in [0, 0.05) is 6.42 Å². The van der Waals surface area contributed by atoms with Crippen molar-refractivity contribution in [1.82, 2.24) is 0 Å². The molecule has 3 N–H and O–H groups in total. The quantitative estimate of drug-likeness (QED) is 0.863. The van der Waals surface area contributed by atoms with E-state index in [1.165, 1.54) is 6.07 Å². The topological polar surface area (TPSA) is 89.3 Å². The molecule has 18 heavy (non-hydrogen) atoms. The maximum Gasteiger partial charge on any atom is 0.238 e. The second kappa shape index (κ2) is 4.66. The Hall–Kier alpha value is -1.47. The molecule has 0 spiro atoms. The van der Waals surface area contributed by atoms with E-state index in [0.717, 1.165) is 25.0 Å². The summed E-state index contributed by atoms with van der Waals surface area (Å²) in [4.78, 5) is 11.2. The van der Waals surface area contributed by atoms with Gasteiger partial charge in [0.25, 0.3) is 0 Å². The van der Waals surface area contributed by atoms with Gasteiger partial charge in [-0.25, -0.2) is 17.9 Å². The van der Waals surface area contributed by atoms with Crippen LogP contribution in [-0.4, -0.2) is 14.3 Å². The molecule has 2 rings (SSSR count). The van der Waals surface area contributed by atoms with Crippen molar-refractivity contribution in [2.75, 3.05) is 5.32 Å². The summed E-state index contributed by atoms with van der Waals surface area (Å²) >= 11 is 0. The van der Waals surface area contributed by atoms with Gasteiger partial charge in [-0.1, -0.05) is 0 Å². The smallest absolute Gasteiger partial charge is 0.238 e. The summed E-state index contributed by atoms with van der Waals surface area (Å²) in [7, 11) is -3.93. The molecule has 1 fully saturated rings. The first-order valence-electron chi connectivity index (χ1n) is 5.48. The third kappa shape index (κ3) is 3.27. The van der Waals surface area contributed by atoms with E-state index in [1.54, 1.807) is 0 Å². The number of amides is 1. The molecular weight excluding hydrogens is 259 g/mol. The number of hydrogen-bond donors (Lipinski definition) is 2. The van der Waals surface area contributed by atoms with Crippen LogP contribution < -0.4 is 10.5 Å². The first-order valence-corrected chi connectivity index (χ1v) is 7.03. The molecule has 0 atom stereocenters. The molecule has 1 aromatic rings. The number of anilines is 1. The van der Waals surface area contributed by atoms with Crippen molar-refractivity contribution in [3.05, 3.63) is 24.0 Å². The van der Waals surface area contributed by atoms with Gasteiger partial charge in [0.2, 0.25) is 15.9 Å². The number of carbonyl (C=O) groups is 1. The van der Waals surface area contributed by atoms with E-state index in [1.807, 2.05) is 0 Å². The lowest BCUT2D eigenvalue weighted by atomic mass is 10.2. The van der Waals surface area contributed by atoms with Crippen molar-refractivity contribution in [1.29, 1.82) is 0 Å². The number of rotatable bonds is 4. The van der Waals surface area contributed by atoms with Crippen molar-refractivity contribution in [2.24, 2.45) is 11.1 Å². The van der Waals surface area contributed by atoms with E-state index in [-0.39, 0.29) is 16.5 Å². The maximum absolute atomic E-state index is 13.6. The summed E-state index contributed by atoms with van der Waals surface area (Å²) in [6, 6.07) is 3.15. The minimum atomic E-state index is -3.93. The SMILES string of the molecule is NS(=O)(=O)c1ccc(NC(=O)CC2CC2)c(F)c1. The molecule has 0 unspecified atom stereocenters. The molecule has 0 heterocycles. The fraction of sp³-hybridized carbons (Fsp3) is 0.364. The highest BCUT2D eigenvalue weighted by atomic mass is 32.2. The van der Waals surface area contributed by atoms with Crippen molar-refractivity contribution < 1.29 is 17.6 Å². The second-order valence-corrected chi connectivity index (χ2v) is 5.94. The number of benzene rings is 1. The molecule has 1 aliphatic rings. The van der Waals surface area contributed by atoms with E-state index in [4.69, 9.17) is 5.14 Å². The molecular formula is C11H13FN2O3S. The van der Waals surface area contributed by atoms with Crippen LogP contribution in [0.2, 0.25) is 0 Å². The average Bonchev–Trinajstić information content (AvgIpc) is 3.03. The molecule has 1 amide bonds. The first-order chi connectivity index (χ1) is 8.36. The Bertz CT molecular complexity index is 582. The van der Waals surface area contributed by atoms with Gasteiger partial charge in [0.1, 0.15) is 5.82 Å². The number of hydrogen-bond acceptors (Lipinski definition) is 3. The van der Waals surface area contributed by atoms with Gasteiger partial charge in [0.15, 0.2) is 0 Å². The van der Waals surface area contributed by atoms with Crippen LogP contribution in [0.3, 0.4) is 0 Å². The fourth-order valence-corrected chi connectivity index (χ4v) is 2.09. The Balaban J connectivity index is 2.11. The van der Waals surface area contributed by atoms with Gasteiger partial charge in [-0.3, -0.25) is 4.79 Å². The third-order valence-corrected chi connectivity index (χ3v) is 3.63. The Morgan fingerprint density at radius 3 is 2.61 bits per heavy atom. The zero-order valence-electron chi connectivity index (χ0n) is 9.52. The van der Waals surface area contributed by atoms with Crippen molar-refractivity contribution in [3.8, 4) is 0 Å². The van der Waals surface area contributed by atoms with Crippen molar-refractivity contribution >= 4 is 21.6 Å². The molecule has 0 saturated heterocycles. The van der Waals surface area contributed by atoms with Crippen molar-refractivity contribution in [2.45, 2.75) is 24.2 Å². The highest BCUT2D eigenvalue weighted by Gasteiger charge is 2.24. The minimum absolute atomic E-state index is 0.0342. The Labute approximate surface area is 104 Å². The van der Waals surface area contributed by atoms with Crippen LogP contribution in [0, 0.1) is 11.7 Å². The lowest BCUT2D eigenvalue weighted by Crippen LogP contribution is -2.15. The summed E-state index contributed by atoms with van der Waals surface area (Å²) in [6.07, 6.45) is 2.43. The van der Waals surface area contributed by atoms with Gasteiger partial charge in [-0.15, -0.1) is 0 Å². The normalized spacial score (nSPS) is 15.4. The first kappa shape index (κ1) is 13.0. The standard InChI is InChI=1S/C11H13FN2O3S/c12-9-6-8(18(13,16)17)3-4-10(9)14-11(15)5-7-1-2-7/h3-4,6-7H,1-2,5H2,(H,14,15)(H2,13,16,17). The number of halogens is 1. The molecule has 1 aliphatic carbocycles. The van der Waals surface area contributed by atoms with E-state index >= 15 is 0 Å². The molecule has 0 aromatic heterocycles. The molecule has 98 valence electrons. The number of sulfonamides is 1. The lowest BCUT2D eigenvalue weighted by molar-refractivity contribution is -0.116. The molecule has 5 nitrogen and oxygen atoms in total. The van der Waals surface area contributed by atoms with Gasteiger partial charge >= 0.3 is 0 Å². The van der Waals surface area contributed by atoms with E-state index in [9.17, 15) is 17.6 Å². The van der Waals surface area contributed by atoms with E-state index in [2.05, 4.69) is 5.32 Å². The van der Waals surface area contributed by atoms with E-state index < -0.39 is 15.8 Å². The van der Waals surface area contributed by atoms with Crippen molar-refractivity contribution in [3.63, 3.8) is 0 Å². The van der Waals surface area contributed by atoms with Crippen LogP contribution in [0.1, 0.15) is 19.3 Å². The molecule has 1 saturated carbocycles. The highest BCUT2D eigenvalue weighted by Crippen LogP contribution is 2.32. The van der Waals surface area contributed by atoms with Crippen LogP contribution in [0.15, 0.2) is 23.1 Å². The summed E-state index contributed by atoms with van der Waals surface area (Å²) < 4.78 is 35.6. The summed E-state index contributed by atoms with van der Waals surface area (Å²) in [5, 5.41) is 7.28. The molecule has 0 bridgehead atoms. The van der Waals surface area contributed by atoms with Gasteiger partial charge in [-0.05, 0) is 37.0 Å².